The standard InChI is InChI=1S/C18H17ClN6O2/c1-2-14(26)25-7-6-11(9-25)20-17-15-10(4-3-5-12(15)19)8-13(21-17)16-22-18(27)24-23-16/h2-5,8,11H,1,6-7,9H2,(H,20,21)(H2,22,23,24,27). The Bertz CT molecular complexity index is 1090. The average molecular weight is 385 g/mol. The number of fused-ring (bicyclic) bond motifs is 1. The van der Waals surface area contributed by atoms with E-state index in [4.69, 9.17) is 11.6 Å². The lowest BCUT2D eigenvalue weighted by molar-refractivity contribution is -0.125. The molecule has 1 aliphatic rings. The van der Waals surface area contributed by atoms with Gasteiger partial charge >= 0.3 is 5.69 Å². The number of amides is 1. The number of nitrogens with one attached hydrogen (secondary N) is 3. The molecule has 3 N–H and O–H groups in total. The molecule has 8 nitrogen and oxygen atoms in total. The van der Waals surface area contributed by atoms with Gasteiger partial charge in [0.15, 0.2) is 5.82 Å². The van der Waals surface area contributed by atoms with Crippen LogP contribution in [0.25, 0.3) is 22.3 Å². The van der Waals surface area contributed by atoms with E-state index in [2.05, 4.69) is 32.1 Å². The molecule has 4 rings (SSSR count). The highest BCUT2D eigenvalue weighted by atomic mass is 35.5. The third-order valence-electron chi connectivity index (χ3n) is 4.57. The molecular weight excluding hydrogens is 368 g/mol. The molecule has 9 heteroatoms. The monoisotopic (exact) mass is 384 g/mol. The number of rotatable bonds is 4. The van der Waals surface area contributed by atoms with Crippen LogP contribution in [0.2, 0.25) is 5.02 Å². The van der Waals surface area contributed by atoms with Crippen LogP contribution in [-0.2, 0) is 4.79 Å². The molecule has 27 heavy (non-hydrogen) atoms. The van der Waals surface area contributed by atoms with Gasteiger partial charge in [0.05, 0.1) is 5.02 Å². The van der Waals surface area contributed by atoms with Crippen LogP contribution in [0.4, 0.5) is 5.82 Å². The Kier molecular flexibility index (Phi) is 4.41. The number of H-pyrrole nitrogens is 2. The van der Waals surface area contributed by atoms with Gasteiger partial charge in [-0.2, -0.15) is 5.10 Å². The van der Waals surface area contributed by atoms with Crippen molar-refractivity contribution in [1.82, 2.24) is 25.1 Å². The van der Waals surface area contributed by atoms with Crippen molar-refractivity contribution in [3.8, 4) is 11.5 Å². The second-order valence-corrected chi connectivity index (χ2v) is 6.75. The molecule has 3 heterocycles. The van der Waals surface area contributed by atoms with Crippen molar-refractivity contribution in [1.29, 1.82) is 0 Å². The van der Waals surface area contributed by atoms with Crippen LogP contribution in [-0.4, -0.2) is 50.1 Å². The highest BCUT2D eigenvalue weighted by Gasteiger charge is 2.26. The SMILES string of the molecule is C=CC(=O)N1CCC(Nc2nc(-c3n[nH]c(=O)[nH]3)cc3cccc(Cl)c23)C1. The van der Waals surface area contributed by atoms with Crippen molar-refractivity contribution >= 4 is 34.1 Å². The molecule has 1 unspecified atom stereocenters. The first-order valence-electron chi connectivity index (χ1n) is 8.47. The average Bonchev–Trinajstić information content (AvgIpc) is 3.30. The Labute approximate surface area is 159 Å². The highest BCUT2D eigenvalue weighted by Crippen LogP contribution is 2.32. The molecule has 1 saturated heterocycles. The van der Waals surface area contributed by atoms with Gasteiger partial charge in [-0.15, -0.1) is 0 Å². The predicted octanol–water partition coefficient (Wildman–Crippen LogP) is 2.17. The first kappa shape index (κ1) is 17.3. The molecule has 0 radical (unpaired) electrons. The van der Waals surface area contributed by atoms with Gasteiger partial charge in [0.1, 0.15) is 11.5 Å². The lowest BCUT2D eigenvalue weighted by Gasteiger charge is -2.18. The number of pyridine rings is 1. The van der Waals surface area contributed by atoms with Gasteiger partial charge in [-0.05, 0) is 30.0 Å². The van der Waals surface area contributed by atoms with E-state index in [1.807, 2.05) is 18.2 Å². The van der Waals surface area contributed by atoms with Crippen LogP contribution in [0, 0.1) is 0 Å². The lowest BCUT2D eigenvalue weighted by Crippen LogP contribution is -2.30. The summed E-state index contributed by atoms with van der Waals surface area (Å²) in [5.74, 6) is 0.854. The number of hydrogen-bond donors (Lipinski definition) is 3. The number of carbonyl (C=O) groups excluding carboxylic acids is 1. The zero-order valence-electron chi connectivity index (χ0n) is 14.3. The minimum atomic E-state index is -0.401. The molecule has 2 aromatic heterocycles. The molecule has 0 aliphatic carbocycles. The molecule has 0 bridgehead atoms. The number of hydrogen-bond acceptors (Lipinski definition) is 5. The Morgan fingerprint density at radius 3 is 3.04 bits per heavy atom. The Balaban J connectivity index is 1.73. The molecular formula is C18H17ClN6O2. The molecule has 1 aromatic carbocycles. The van der Waals surface area contributed by atoms with Crippen LogP contribution in [0.15, 0.2) is 41.7 Å². The topological polar surface area (TPSA) is 107 Å². The minimum Gasteiger partial charge on any atom is -0.365 e. The van der Waals surface area contributed by atoms with E-state index in [1.165, 1.54) is 6.08 Å². The largest absolute Gasteiger partial charge is 0.365 e. The zero-order chi connectivity index (χ0) is 19.0. The second-order valence-electron chi connectivity index (χ2n) is 6.34. The summed E-state index contributed by atoms with van der Waals surface area (Å²) in [5.41, 5.74) is 0.115. The summed E-state index contributed by atoms with van der Waals surface area (Å²) in [6.07, 6.45) is 2.11. The highest BCUT2D eigenvalue weighted by molar-refractivity contribution is 6.36. The van der Waals surface area contributed by atoms with Gasteiger partial charge in [-0.3, -0.25) is 9.78 Å². The van der Waals surface area contributed by atoms with E-state index >= 15 is 0 Å². The quantitative estimate of drug-likeness (QED) is 0.597. The maximum Gasteiger partial charge on any atom is 0.340 e. The van der Waals surface area contributed by atoms with Crippen molar-refractivity contribution in [2.45, 2.75) is 12.5 Å². The molecule has 1 atom stereocenters. The number of likely N-dealkylation sites (tertiary alicyclic amines) is 1. The van der Waals surface area contributed by atoms with Crippen LogP contribution >= 0.6 is 11.6 Å². The maximum atomic E-state index is 11.8. The van der Waals surface area contributed by atoms with E-state index in [-0.39, 0.29) is 11.9 Å². The fraction of sp³-hybridized carbons (Fsp3) is 0.222. The normalized spacial score (nSPS) is 16.6. The van der Waals surface area contributed by atoms with Gasteiger partial charge in [-0.25, -0.2) is 14.9 Å². The number of nitrogens with zero attached hydrogens (tertiary/aromatic N) is 3. The summed E-state index contributed by atoms with van der Waals surface area (Å²) in [4.78, 5) is 32.2. The van der Waals surface area contributed by atoms with E-state index in [1.54, 1.807) is 11.0 Å². The van der Waals surface area contributed by atoms with Gasteiger partial charge in [0, 0.05) is 24.5 Å². The smallest absolute Gasteiger partial charge is 0.340 e. The Morgan fingerprint density at radius 1 is 1.44 bits per heavy atom. The molecule has 1 fully saturated rings. The predicted molar refractivity (Wildman–Crippen MR) is 104 cm³/mol. The van der Waals surface area contributed by atoms with Crippen molar-refractivity contribution in [3.05, 3.63) is 52.4 Å². The maximum absolute atomic E-state index is 11.8. The molecule has 138 valence electrons. The van der Waals surface area contributed by atoms with Gasteiger partial charge in [0.2, 0.25) is 5.91 Å². The summed E-state index contributed by atoms with van der Waals surface area (Å²) in [5, 5.41) is 11.9. The van der Waals surface area contributed by atoms with Crippen LogP contribution in [0.5, 0.6) is 0 Å². The lowest BCUT2D eigenvalue weighted by atomic mass is 10.1. The summed E-state index contributed by atoms with van der Waals surface area (Å²) in [6.45, 7) is 4.74. The number of aromatic nitrogens is 4. The van der Waals surface area contributed by atoms with E-state index in [0.29, 0.717) is 35.4 Å². The van der Waals surface area contributed by atoms with E-state index in [0.717, 1.165) is 17.2 Å². The Hall–Kier alpha value is -3.13. The second kappa shape index (κ2) is 6.88. The summed E-state index contributed by atoms with van der Waals surface area (Å²) >= 11 is 6.41. The van der Waals surface area contributed by atoms with Crippen LogP contribution in [0.3, 0.4) is 0 Å². The molecule has 1 amide bonds. The van der Waals surface area contributed by atoms with Crippen molar-refractivity contribution in [3.63, 3.8) is 0 Å². The minimum absolute atomic E-state index is 0.0364. The fourth-order valence-electron chi connectivity index (χ4n) is 3.28. The third-order valence-corrected chi connectivity index (χ3v) is 4.88. The van der Waals surface area contributed by atoms with Gasteiger partial charge < -0.3 is 10.2 Å². The molecule has 0 spiro atoms. The molecule has 0 saturated carbocycles. The number of carbonyl (C=O) groups is 1. The van der Waals surface area contributed by atoms with Crippen LogP contribution in [0.1, 0.15) is 6.42 Å². The summed E-state index contributed by atoms with van der Waals surface area (Å²) < 4.78 is 0. The summed E-state index contributed by atoms with van der Waals surface area (Å²) in [7, 11) is 0. The fourth-order valence-corrected chi connectivity index (χ4v) is 3.56. The zero-order valence-corrected chi connectivity index (χ0v) is 15.1. The number of aromatic amines is 2. The molecule has 1 aliphatic heterocycles. The van der Waals surface area contributed by atoms with Gasteiger partial charge in [-0.1, -0.05) is 30.3 Å². The number of benzene rings is 1. The third kappa shape index (κ3) is 3.31. The summed E-state index contributed by atoms with van der Waals surface area (Å²) in [6, 6.07) is 7.43. The number of halogens is 1. The first-order valence-corrected chi connectivity index (χ1v) is 8.85. The van der Waals surface area contributed by atoms with Crippen molar-refractivity contribution in [2.24, 2.45) is 0 Å². The van der Waals surface area contributed by atoms with Gasteiger partial charge in [0.25, 0.3) is 0 Å². The Morgan fingerprint density at radius 2 is 2.30 bits per heavy atom. The first-order chi connectivity index (χ1) is 13.0. The molecule has 3 aromatic rings. The number of anilines is 1. The van der Waals surface area contributed by atoms with Crippen molar-refractivity contribution in [2.75, 3.05) is 18.4 Å². The van der Waals surface area contributed by atoms with Crippen molar-refractivity contribution < 1.29 is 4.79 Å². The van der Waals surface area contributed by atoms with E-state index in [9.17, 15) is 9.59 Å². The van der Waals surface area contributed by atoms with E-state index < -0.39 is 5.69 Å². The van der Waals surface area contributed by atoms with Crippen LogP contribution < -0.4 is 11.0 Å².